The number of aromatic nitrogens is 2. The number of carbonyl (C=O) groups is 1. The van der Waals surface area contributed by atoms with Crippen LogP contribution >= 0.6 is 0 Å². The van der Waals surface area contributed by atoms with Gasteiger partial charge >= 0.3 is 5.97 Å². The molecule has 0 bridgehead atoms. The van der Waals surface area contributed by atoms with Gasteiger partial charge in [0.05, 0.1) is 17.4 Å². The highest BCUT2D eigenvalue weighted by atomic mass is 16.4. The fraction of sp³-hybridized carbons (Fsp3) is 0.267. The van der Waals surface area contributed by atoms with Gasteiger partial charge in [0, 0.05) is 18.3 Å². The van der Waals surface area contributed by atoms with E-state index in [9.17, 15) is 9.59 Å². The Balaban J connectivity index is 2.32. The van der Waals surface area contributed by atoms with Crippen LogP contribution < -0.4 is 10.9 Å². The first kappa shape index (κ1) is 14.8. The maximum absolute atomic E-state index is 11.8. The Morgan fingerprint density at radius 3 is 2.71 bits per heavy atom. The van der Waals surface area contributed by atoms with E-state index in [4.69, 9.17) is 5.11 Å². The Kier molecular flexibility index (Phi) is 4.37. The van der Waals surface area contributed by atoms with E-state index in [2.05, 4.69) is 24.1 Å². The molecule has 0 spiro atoms. The Labute approximate surface area is 122 Å². The number of pyridine rings is 2. The number of nitrogens with zero attached hydrogens (tertiary/aromatic N) is 2. The van der Waals surface area contributed by atoms with E-state index in [-0.39, 0.29) is 11.1 Å². The van der Waals surface area contributed by atoms with Gasteiger partial charge in [0.1, 0.15) is 5.82 Å². The van der Waals surface area contributed by atoms with Crippen molar-refractivity contribution in [3.8, 4) is 5.69 Å². The Bertz CT molecular complexity index is 692. The predicted octanol–water partition coefficient (Wildman–Crippen LogP) is 2.14. The van der Waals surface area contributed by atoms with Crippen LogP contribution in [0.15, 0.2) is 41.5 Å². The van der Waals surface area contributed by atoms with Crippen molar-refractivity contribution in [2.24, 2.45) is 0 Å². The maximum Gasteiger partial charge on any atom is 0.337 e. The van der Waals surface area contributed by atoms with Crippen molar-refractivity contribution in [3.05, 3.63) is 52.6 Å². The first-order chi connectivity index (χ1) is 10.0. The normalized spacial score (nSPS) is 11.9. The number of hydrogen-bond acceptors (Lipinski definition) is 4. The lowest BCUT2D eigenvalue weighted by Gasteiger charge is -2.12. The molecule has 1 unspecified atom stereocenters. The van der Waals surface area contributed by atoms with Gasteiger partial charge in [-0.15, -0.1) is 0 Å². The third-order valence-corrected chi connectivity index (χ3v) is 3.19. The predicted molar refractivity (Wildman–Crippen MR) is 80.2 cm³/mol. The zero-order chi connectivity index (χ0) is 15.4. The number of carboxylic acid groups (broad SMARTS) is 1. The molecule has 0 aromatic carbocycles. The van der Waals surface area contributed by atoms with Crippen LogP contribution in [0, 0.1) is 0 Å². The lowest BCUT2D eigenvalue weighted by atomic mass is 10.2. The van der Waals surface area contributed by atoms with Crippen LogP contribution in [0.1, 0.15) is 30.6 Å². The van der Waals surface area contributed by atoms with Crippen LogP contribution in [0.3, 0.4) is 0 Å². The maximum atomic E-state index is 11.8. The van der Waals surface area contributed by atoms with Gasteiger partial charge in [-0.2, -0.15) is 0 Å². The SMILES string of the molecule is CCC(C)Nc1ccc(-n2cc(C(=O)O)ccc2=O)cn1. The summed E-state index contributed by atoms with van der Waals surface area (Å²) in [5.41, 5.74) is 0.277. The summed E-state index contributed by atoms with van der Waals surface area (Å²) in [6.07, 6.45) is 3.81. The molecule has 2 heterocycles. The molecule has 21 heavy (non-hydrogen) atoms. The van der Waals surface area contributed by atoms with Crippen LogP contribution in [0.2, 0.25) is 0 Å². The van der Waals surface area contributed by atoms with Crippen molar-refractivity contribution in [2.45, 2.75) is 26.3 Å². The summed E-state index contributed by atoms with van der Waals surface area (Å²) in [4.78, 5) is 27.0. The van der Waals surface area contributed by atoms with E-state index < -0.39 is 5.97 Å². The zero-order valence-electron chi connectivity index (χ0n) is 11.9. The molecule has 2 aromatic heterocycles. The summed E-state index contributed by atoms with van der Waals surface area (Å²) in [5.74, 6) is -0.359. The molecule has 0 aliphatic carbocycles. The van der Waals surface area contributed by atoms with Gasteiger partial charge in [0.15, 0.2) is 0 Å². The lowest BCUT2D eigenvalue weighted by molar-refractivity contribution is 0.0696. The van der Waals surface area contributed by atoms with Crippen LogP contribution in [0.5, 0.6) is 0 Å². The quantitative estimate of drug-likeness (QED) is 0.880. The standard InChI is InChI=1S/C15H17N3O3/c1-3-10(2)17-13-6-5-12(8-16-13)18-9-11(15(20)21)4-7-14(18)19/h4-10H,3H2,1-2H3,(H,16,17)(H,20,21). The summed E-state index contributed by atoms with van der Waals surface area (Å²) < 4.78 is 1.27. The molecule has 0 saturated heterocycles. The van der Waals surface area contributed by atoms with Gasteiger partial charge in [0.2, 0.25) is 0 Å². The topological polar surface area (TPSA) is 84.2 Å². The smallest absolute Gasteiger partial charge is 0.337 e. The molecule has 0 saturated carbocycles. The van der Waals surface area contributed by atoms with Crippen molar-refractivity contribution in [1.82, 2.24) is 9.55 Å². The Hall–Kier alpha value is -2.63. The Morgan fingerprint density at radius 2 is 2.14 bits per heavy atom. The highest BCUT2D eigenvalue weighted by Gasteiger charge is 2.07. The van der Waals surface area contributed by atoms with Crippen LogP contribution in [0.25, 0.3) is 5.69 Å². The Morgan fingerprint density at radius 1 is 1.38 bits per heavy atom. The van der Waals surface area contributed by atoms with Crippen molar-refractivity contribution >= 4 is 11.8 Å². The first-order valence-electron chi connectivity index (χ1n) is 6.70. The fourth-order valence-corrected chi connectivity index (χ4v) is 1.78. The van der Waals surface area contributed by atoms with Gasteiger partial charge in [-0.25, -0.2) is 9.78 Å². The molecule has 1 atom stereocenters. The molecule has 0 fully saturated rings. The molecule has 2 N–H and O–H groups in total. The molecular formula is C15H17N3O3. The third-order valence-electron chi connectivity index (χ3n) is 3.19. The second-order valence-electron chi connectivity index (χ2n) is 4.79. The van der Waals surface area contributed by atoms with Gasteiger partial charge in [-0.1, -0.05) is 6.92 Å². The summed E-state index contributed by atoms with van der Waals surface area (Å²) in [6, 6.07) is 6.32. The largest absolute Gasteiger partial charge is 0.478 e. The van der Waals surface area contributed by atoms with Crippen molar-refractivity contribution < 1.29 is 9.90 Å². The number of hydrogen-bond donors (Lipinski definition) is 2. The van der Waals surface area contributed by atoms with E-state index in [1.807, 2.05) is 0 Å². The molecule has 0 amide bonds. The van der Waals surface area contributed by atoms with Crippen molar-refractivity contribution in [2.75, 3.05) is 5.32 Å². The van der Waals surface area contributed by atoms with E-state index in [1.54, 1.807) is 12.1 Å². The third kappa shape index (κ3) is 3.47. The van der Waals surface area contributed by atoms with Gasteiger partial charge in [-0.3, -0.25) is 9.36 Å². The molecule has 110 valence electrons. The number of carboxylic acids is 1. The molecule has 6 heteroatoms. The van der Waals surface area contributed by atoms with E-state index in [0.29, 0.717) is 11.7 Å². The average Bonchev–Trinajstić information content (AvgIpc) is 2.48. The minimum absolute atomic E-state index is 0.0522. The highest BCUT2D eigenvalue weighted by molar-refractivity contribution is 5.87. The molecule has 0 aliphatic rings. The van der Waals surface area contributed by atoms with Gasteiger partial charge in [0.25, 0.3) is 5.56 Å². The number of rotatable bonds is 5. The molecule has 0 aliphatic heterocycles. The number of nitrogens with one attached hydrogen (secondary N) is 1. The molecular weight excluding hydrogens is 270 g/mol. The lowest BCUT2D eigenvalue weighted by Crippen LogP contribution is -2.19. The molecule has 2 aromatic rings. The number of anilines is 1. The van der Waals surface area contributed by atoms with Crippen LogP contribution in [0.4, 0.5) is 5.82 Å². The molecule has 6 nitrogen and oxygen atoms in total. The van der Waals surface area contributed by atoms with Gasteiger partial charge in [-0.05, 0) is 31.5 Å². The minimum atomic E-state index is -1.08. The zero-order valence-corrected chi connectivity index (χ0v) is 11.9. The van der Waals surface area contributed by atoms with E-state index >= 15 is 0 Å². The highest BCUT2D eigenvalue weighted by Crippen LogP contribution is 2.11. The van der Waals surface area contributed by atoms with Crippen LogP contribution in [-0.4, -0.2) is 26.7 Å². The molecule has 0 radical (unpaired) electrons. The van der Waals surface area contributed by atoms with Gasteiger partial charge < -0.3 is 10.4 Å². The fourth-order valence-electron chi connectivity index (χ4n) is 1.78. The minimum Gasteiger partial charge on any atom is -0.478 e. The second-order valence-corrected chi connectivity index (χ2v) is 4.79. The molecule has 2 rings (SSSR count). The van der Waals surface area contributed by atoms with Crippen molar-refractivity contribution in [3.63, 3.8) is 0 Å². The van der Waals surface area contributed by atoms with E-state index in [0.717, 1.165) is 12.2 Å². The van der Waals surface area contributed by atoms with Crippen molar-refractivity contribution in [1.29, 1.82) is 0 Å². The van der Waals surface area contributed by atoms with Crippen LogP contribution in [-0.2, 0) is 0 Å². The summed E-state index contributed by atoms with van der Waals surface area (Å²) in [5, 5.41) is 12.2. The first-order valence-corrected chi connectivity index (χ1v) is 6.70. The summed E-state index contributed by atoms with van der Waals surface area (Å²) in [7, 11) is 0. The monoisotopic (exact) mass is 287 g/mol. The summed E-state index contributed by atoms with van der Waals surface area (Å²) in [6.45, 7) is 4.12. The number of aromatic carboxylic acids is 1. The van der Waals surface area contributed by atoms with E-state index in [1.165, 1.54) is 29.1 Å². The second kappa shape index (κ2) is 6.21. The summed E-state index contributed by atoms with van der Waals surface area (Å²) >= 11 is 0. The average molecular weight is 287 g/mol.